The highest BCUT2D eigenvalue weighted by atomic mass is 16.4. The van der Waals surface area contributed by atoms with Gasteiger partial charge in [0.1, 0.15) is 0 Å². The first kappa shape index (κ1) is 13.7. The molecule has 0 aromatic heterocycles. The van der Waals surface area contributed by atoms with E-state index in [-0.39, 0.29) is 5.56 Å². The fourth-order valence-electron chi connectivity index (χ4n) is 2.43. The Labute approximate surface area is 113 Å². The number of likely N-dealkylation sites (tertiary alicyclic amines) is 1. The van der Waals surface area contributed by atoms with Crippen molar-refractivity contribution in [2.45, 2.75) is 19.3 Å². The van der Waals surface area contributed by atoms with Gasteiger partial charge in [-0.1, -0.05) is 6.42 Å². The minimum Gasteiger partial charge on any atom is -0.478 e. The number of carboxylic acids is 1. The number of nitrogens with two attached hydrogens (primary N) is 1. The summed E-state index contributed by atoms with van der Waals surface area (Å²) in [5.74, 6) is -0.930. The number of nitrogen functional groups attached to an aromatic ring is 1. The molecule has 0 radical (unpaired) electrons. The number of nitrogens with zero attached hydrogens (tertiary/aromatic N) is 1. The number of hydrogen-bond donors (Lipinski definition) is 3. The standard InChI is InChI=1S/C14H21N3O2/c15-11-4-5-12(14(18)19)13(10-11)16-6-9-17-7-2-1-3-8-17/h4-5,10,16H,1-3,6-9,15H2,(H,18,19). The smallest absolute Gasteiger partial charge is 0.337 e. The van der Waals surface area contributed by atoms with E-state index in [1.807, 2.05) is 0 Å². The molecule has 1 aliphatic heterocycles. The van der Waals surface area contributed by atoms with Crippen LogP contribution in [0.1, 0.15) is 29.6 Å². The first-order valence-corrected chi connectivity index (χ1v) is 6.76. The molecule has 0 spiro atoms. The van der Waals surface area contributed by atoms with E-state index < -0.39 is 5.97 Å². The van der Waals surface area contributed by atoms with E-state index in [9.17, 15) is 4.79 Å². The average Bonchev–Trinajstić information content (AvgIpc) is 2.39. The van der Waals surface area contributed by atoms with Gasteiger partial charge in [0, 0.05) is 18.8 Å². The third kappa shape index (κ3) is 3.86. The van der Waals surface area contributed by atoms with Gasteiger partial charge in [-0.25, -0.2) is 4.79 Å². The summed E-state index contributed by atoms with van der Waals surface area (Å²) in [6.45, 7) is 3.96. The van der Waals surface area contributed by atoms with Gasteiger partial charge in [-0.15, -0.1) is 0 Å². The summed E-state index contributed by atoms with van der Waals surface area (Å²) in [7, 11) is 0. The highest BCUT2D eigenvalue weighted by molar-refractivity contribution is 5.95. The largest absolute Gasteiger partial charge is 0.478 e. The zero-order valence-corrected chi connectivity index (χ0v) is 11.1. The Morgan fingerprint density at radius 2 is 2.05 bits per heavy atom. The number of hydrogen-bond acceptors (Lipinski definition) is 4. The Hall–Kier alpha value is -1.75. The van der Waals surface area contributed by atoms with Gasteiger partial charge in [-0.2, -0.15) is 0 Å². The van der Waals surface area contributed by atoms with Gasteiger partial charge in [0.15, 0.2) is 0 Å². The first-order valence-electron chi connectivity index (χ1n) is 6.76. The lowest BCUT2D eigenvalue weighted by Crippen LogP contribution is -2.33. The topological polar surface area (TPSA) is 78.6 Å². The summed E-state index contributed by atoms with van der Waals surface area (Å²) in [4.78, 5) is 13.5. The Morgan fingerprint density at radius 1 is 1.32 bits per heavy atom. The fourth-order valence-corrected chi connectivity index (χ4v) is 2.43. The van der Waals surface area contributed by atoms with Crippen LogP contribution in [0.4, 0.5) is 11.4 Å². The van der Waals surface area contributed by atoms with Gasteiger partial charge in [0.2, 0.25) is 0 Å². The highest BCUT2D eigenvalue weighted by Gasteiger charge is 2.12. The normalized spacial score (nSPS) is 16.2. The summed E-state index contributed by atoms with van der Waals surface area (Å²) in [5, 5.41) is 12.3. The van der Waals surface area contributed by atoms with Gasteiger partial charge < -0.3 is 21.1 Å². The maximum absolute atomic E-state index is 11.1. The Balaban J connectivity index is 1.91. The number of carboxylic acid groups (broad SMARTS) is 1. The van der Waals surface area contributed by atoms with E-state index in [0.29, 0.717) is 11.4 Å². The molecule has 1 fully saturated rings. The minimum atomic E-state index is -0.930. The molecule has 5 nitrogen and oxygen atoms in total. The molecular formula is C14H21N3O2. The summed E-state index contributed by atoms with van der Waals surface area (Å²) < 4.78 is 0. The quantitative estimate of drug-likeness (QED) is 0.707. The van der Waals surface area contributed by atoms with Crippen molar-refractivity contribution in [1.82, 2.24) is 4.90 Å². The van der Waals surface area contributed by atoms with Crippen molar-refractivity contribution < 1.29 is 9.90 Å². The van der Waals surface area contributed by atoms with E-state index >= 15 is 0 Å². The minimum absolute atomic E-state index is 0.271. The number of benzene rings is 1. The van der Waals surface area contributed by atoms with Crippen molar-refractivity contribution in [3.05, 3.63) is 23.8 Å². The summed E-state index contributed by atoms with van der Waals surface area (Å²) in [5.41, 5.74) is 7.15. The molecule has 4 N–H and O–H groups in total. The van der Waals surface area contributed by atoms with Crippen LogP contribution in [0.2, 0.25) is 0 Å². The Kier molecular flexibility index (Phi) is 4.63. The SMILES string of the molecule is Nc1ccc(C(=O)O)c(NCCN2CCCCC2)c1. The van der Waals surface area contributed by atoms with Crippen LogP contribution in [0.25, 0.3) is 0 Å². The van der Waals surface area contributed by atoms with Crippen molar-refractivity contribution in [1.29, 1.82) is 0 Å². The molecule has 1 aromatic carbocycles. The molecule has 0 unspecified atom stereocenters. The lowest BCUT2D eigenvalue weighted by molar-refractivity contribution is 0.0698. The number of rotatable bonds is 5. The second-order valence-electron chi connectivity index (χ2n) is 4.94. The van der Waals surface area contributed by atoms with Crippen LogP contribution in [0, 0.1) is 0 Å². The molecule has 0 saturated carbocycles. The predicted octanol–water partition coefficient (Wildman–Crippen LogP) is 1.86. The van der Waals surface area contributed by atoms with Gasteiger partial charge in [-0.3, -0.25) is 0 Å². The molecule has 0 bridgehead atoms. The Bertz CT molecular complexity index is 442. The van der Waals surface area contributed by atoms with E-state index in [4.69, 9.17) is 10.8 Å². The van der Waals surface area contributed by atoms with E-state index in [1.54, 1.807) is 18.2 Å². The van der Waals surface area contributed by atoms with Gasteiger partial charge in [0.05, 0.1) is 11.3 Å². The second-order valence-corrected chi connectivity index (χ2v) is 4.94. The molecule has 0 atom stereocenters. The van der Waals surface area contributed by atoms with Crippen molar-refractivity contribution >= 4 is 17.3 Å². The maximum Gasteiger partial charge on any atom is 0.337 e. The molecule has 2 rings (SSSR count). The maximum atomic E-state index is 11.1. The molecule has 0 aliphatic carbocycles. The van der Waals surface area contributed by atoms with Crippen LogP contribution < -0.4 is 11.1 Å². The molecule has 104 valence electrons. The van der Waals surface area contributed by atoms with Crippen molar-refractivity contribution in [2.75, 3.05) is 37.2 Å². The number of nitrogens with one attached hydrogen (secondary N) is 1. The van der Waals surface area contributed by atoms with Gasteiger partial charge in [0.25, 0.3) is 0 Å². The van der Waals surface area contributed by atoms with Crippen molar-refractivity contribution in [3.63, 3.8) is 0 Å². The van der Waals surface area contributed by atoms with Crippen LogP contribution in [0.3, 0.4) is 0 Å². The molecule has 1 aliphatic rings. The molecule has 1 aromatic rings. The number of piperidine rings is 1. The lowest BCUT2D eigenvalue weighted by atomic mass is 10.1. The lowest BCUT2D eigenvalue weighted by Gasteiger charge is -2.26. The number of anilines is 2. The fraction of sp³-hybridized carbons (Fsp3) is 0.500. The van der Waals surface area contributed by atoms with Crippen molar-refractivity contribution in [3.8, 4) is 0 Å². The van der Waals surface area contributed by atoms with Gasteiger partial charge in [-0.05, 0) is 44.1 Å². The highest BCUT2D eigenvalue weighted by Crippen LogP contribution is 2.19. The monoisotopic (exact) mass is 263 g/mol. The van der Waals surface area contributed by atoms with Crippen LogP contribution in [-0.2, 0) is 0 Å². The number of aromatic carboxylic acids is 1. The molecule has 5 heteroatoms. The summed E-state index contributed by atoms with van der Waals surface area (Å²) >= 11 is 0. The Morgan fingerprint density at radius 3 is 2.74 bits per heavy atom. The molecule has 1 saturated heterocycles. The third-order valence-corrected chi connectivity index (χ3v) is 3.47. The molecule has 0 amide bonds. The van der Waals surface area contributed by atoms with Crippen molar-refractivity contribution in [2.24, 2.45) is 0 Å². The summed E-state index contributed by atoms with van der Waals surface area (Å²) in [6, 6.07) is 4.83. The van der Waals surface area contributed by atoms with Crippen LogP contribution in [0.15, 0.2) is 18.2 Å². The molecular weight excluding hydrogens is 242 g/mol. The van der Waals surface area contributed by atoms with Crippen LogP contribution in [0.5, 0.6) is 0 Å². The average molecular weight is 263 g/mol. The third-order valence-electron chi connectivity index (χ3n) is 3.47. The second kappa shape index (κ2) is 6.43. The zero-order chi connectivity index (χ0) is 13.7. The van der Waals surface area contributed by atoms with Gasteiger partial charge >= 0.3 is 5.97 Å². The van der Waals surface area contributed by atoms with Crippen LogP contribution >= 0.6 is 0 Å². The van der Waals surface area contributed by atoms with Crippen LogP contribution in [-0.4, -0.2) is 42.2 Å². The van der Waals surface area contributed by atoms with E-state index in [2.05, 4.69) is 10.2 Å². The number of carbonyl (C=O) groups is 1. The van der Waals surface area contributed by atoms with E-state index in [0.717, 1.165) is 26.2 Å². The molecule has 1 heterocycles. The first-order chi connectivity index (χ1) is 9.16. The summed E-state index contributed by atoms with van der Waals surface area (Å²) in [6.07, 6.45) is 3.85. The predicted molar refractivity (Wildman–Crippen MR) is 76.6 cm³/mol. The zero-order valence-electron chi connectivity index (χ0n) is 11.1. The molecule has 19 heavy (non-hydrogen) atoms. The van der Waals surface area contributed by atoms with E-state index in [1.165, 1.54) is 19.3 Å².